The molecule has 0 atom stereocenters. The molecule has 3 nitrogen and oxygen atoms in total. The van der Waals surface area contributed by atoms with Crippen LogP contribution in [0.3, 0.4) is 0 Å². The van der Waals surface area contributed by atoms with Gasteiger partial charge in [-0.15, -0.1) is 0 Å². The van der Waals surface area contributed by atoms with Gasteiger partial charge in [0.05, 0.1) is 15.6 Å². The first-order valence-corrected chi connectivity index (χ1v) is 8.47. The predicted molar refractivity (Wildman–Crippen MR) is 93.7 cm³/mol. The number of benzene rings is 2. The van der Waals surface area contributed by atoms with Gasteiger partial charge in [0.1, 0.15) is 11.5 Å². The van der Waals surface area contributed by atoms with Crippen molar-refractivity contribution in [2.75, 3.05) is 6.61 Å². The first-order chi connectivity index (χ1) is 10.5. The number of halogens is 2. The quantitative estimate of drug-likeness (QED) is 0.504. The maximum Gasteiger partial charge on any atom is 0.163 e. The van der Waals surface area contributed by atoms with Crippen LogP contribution in [0.4, 0.5) is 0 Å². The van der Waals surface area contributed by atoms with Gasteiger partial charge in [0.15, 0.2) is 5.78 Å². The second-order valence-electron chi connectivity index (χ2n) is 4.93. The molecule has 0 amide bonds. The fourth-order valence-electron chi connectivity index (χ4n) is 2.00. The Bertz CT molecular complexity index is 660. The molecule has 22 heavy (non-hydrogen) atoms. The monoisotopic (exact) mass is 426 g/mol. The summed E-state index contributed by atoms with van der Waals surface area (Å²) in [6.45, 7) is 2.49. The first kappa shape index (κ1) is 17.0. The third-order valence-corrected chi connectivity index (χ3v) is 4.45. The zero-order chi connectivity index (χ0) is 16.1. The van der Waals surface area contributed by atoms with Crippen molar-refractivity contribution in [3.05, 3.63) is 56.5 Å². The lowest BCUT2D eigenvalue weighted by molar-refractivity contribution is 0.0973. The van der Waals surface area contributed by atoms with Crippen molar-refractivity contribution in [3.63, 3.8) is 0 Å². The number of rotatable bonds is 6. The summed E-state index contributed by atoms with van der Waals surface area (Å²) in [6, 6.07) is 11.1. The highest BCUT2D eigenvalue weighted by Crippen LogP contribution is 2.33. The van der Waals surface area contributed by atoms with E-state index in [9.17, 15) is 9.90 Å². The molecule has 0 aliphatic carbocycles. The van der Waals surface area contributed by atoms with Crippen LogP contribution in [0.25, 0.3) is 0 Å². The Labute approximate surface area is 146 Å². The molecule has 2 aromatic carbocycles. The number of ketones is 1. The highest BCUT2D eigenvalue weighted by molar-refractivity contribution is 9.11. The molecular formula is C17H16Br2O3. The van der Waals surface area contributed by atoms with Gasteiger partial charge in [0.2, 0.25) is 0 Å². The summed E-state index contributed by atoms with van der Waals surface area (Å²) in [4.78, 5) is 12.2. The van der Waals surface area contributed by atoms with E-state index >= 15 is 0 Å². The molecule has 0 unspecified atom stereocenters. The summed E-state index contributed by atoms with van der Waals surface area (Å²) in [7, 11) is 0. The van der Waals surface area contributed by atoms with Gasteiger partial charge in [-0.2, -0.15) is 0 Å². The maximum absolute atomic E-state index is 12.2. The van der Waals surface area contributed by atoms with Gasteiger partial charge < -0.3 is 9.84 Å². The Morgan fingerprint density at radius 1 is 1.18 bits per heavy atom. The van der Waals surface area contributed by atoms with E-state index in [0.717, 1.165) is 11.3 Å². The van der Waals surface area contributed by atoms with Gasteiger partial charge in [-0.25, -0.2) is 0 Å². The molecule has 5 heteroatoms. The van der Waals surface area contributed by atoms with Crippen molar-refractivity contribution in [1.82, 2.24) is 0 Å². The van der Waals surface area contributed by atoms with E-state index in [0.29, 0.717) is 34.0 Å². The number of phenols is 1. The Hall–Kier alpha value is -1.33. The minimum atomic E-state index is 0.0229. The number of hydrogen-bond acceptors (Lipinski definition) is 3. The van der Waals surface area contributed by atoms with E-state index in [1.165, 1.54) is 0 Å². The van der Waals surface area contributed by atoms with Gasteiger partial charge in [-0.3, -0.25) is 4.79 Å². The van der Waals surface area contributed by atoms with Crippen molar-refractivity contribution < 1.29 is 14.6 Å². The number of para-hydroxylation sites is 1. The molecule has 0 fully saturated rings. The van der Waals surface area contributed by atoms with Crippen LogP contribution < -0.4 is 4.74 Å². The average molecular weight is 428 g/mol. The van der Waals surface area contributed by atoms with Crippen molar-refractivity contribution >= 4 is 37.6 Å². The van der Waals surface area contributed by atoms with Gasteiger partial charge in [-0.1, -0.05) is 18.2 Å². The molecule has 2 aromatic rings. The highest BCUT2D eigenvalue weighted by Gasteiger charge is 2.11. The number of carbonyl (C=O) groups is 1. The topological polar surface area (TPSA) is 46.5 Å². The van der Waals surface area contributed by atoms with Crippen LogP contribution in [0.1, 0.15) is 28.8 Å². The Morgan fingerprint density at radius 3 is 2.45 bits per heavy atom. The summed E-state index contributed by atoms with van der Waals surface area (Å²) < 4.78 is 6.68. The van der Waals surface area contributed by atoms with E-state index in [-0.39, 0.29) is 11.5 Å². The van der Waals surface area contributed by atoms with Gasteiger partial charge in [0, 0.05) is 12.0 Å². The number of Topliss-reactive ketones (excluding diaryl/α,β-unsaturated/α-hetero) is 1. The van der Waals surface area contributed by atoms with Crippen LogP contribution in [-0.2, 0) is 0 Å². The fourth-order valence-corrected chi connectivity index (χ4v) is 3.19. The lowest BCUT2D eigenvalue weighted by Gasteiger charge is -2.09. The first-order valence-electron chi connectivity index (χ1n) is 6.88. The Morgan fingerprint density at radius 2 is 1.82 bits per heavy atom. The van der Waals surface area contributed by atoms with Crippen LogP contribution in [0, 0.1) is 6.92 Å². The average Bonchev–Trinajstić information content (AvgIpc) is 2.50. The third-order valence-electron chi connectivity index (χ3n) is 3.24. The van der Waals surface area contributed by atoms with E-state index in [4.69, 9.17) is 4.74 Å². The Kier molecular flexibility index (Phi) is 6.03. The standard InChI is InChI=1S/C17H16Br2O3/c1-11-5-2-3-7-16(11)22-8-4-6-15(20)12-9-13(18)17(21)14(19)10-12/h2-3,5,7,9-10,21H,4,6,8H2,1H3. The molecule has 1 N–H and O–H groups in total. The zero-order valence-electron chi connectivity index (χ0n) is 12.1. The smallest absolute Gasteiger partial charge is 0.163 e. The molecule has 0 heterocycles. The molecule has 0 bridgehead atoms. The van der Waals surface area contributed by atoms with E-state index < -0.39 is 0 Å². The summed E-state index contributed by atoms with van der Waals surface area (Å²) in [5.41, 5.74) is 1.65. The molecular weight excluding hydrogens is 412 g/mol. The number of aromatic hydroxyl groups is 1. The van der Waals surface area contributed by atoms with E-state index in [2.05, 4.69) is 31.9 Å². The van der Waals surface area contributed by atoms with Crippen LogP contribution in [0.5, 0.6) is 11.5 Å². The van der Waals surface area contributed by atoms with Crippen molar-refractivity contribution in [3.8, 4) is 11.5 Å². The molecule has 0 aromatic heterocycles. The molecule has 0 saturated carbocycles. The minimum Gasteiger partial charge on any atom is -0.506 e. The maximum atomic E-state index is 12.2. The zero-order valence-corrected chi connectivity index (χ0v) is 15.3. The molecule has 0 spiro atoms. The second kappa shape index (κ2) is 7.79. The predicted octanol–water partition coefficient (Wildman–Crippen LogP) is 5.27. The van der Waals surface area contributed by atoms with Gasteiger partial charge in [-0.05, 0) is 69.0 Å². The van der Waals surface area contributed by atoms with Crippen LogP contribution in [0.2, 0.25) is 0 Å². The lowest BCUT2D eigenvalue weighted by atomic mass is 10.1. The van der Waals surface area contributed by atoms with Gasteiger partial charge >= 0.3 is 0 Å². The lowest BCUT2D eigenvalue weighted by Crippen LogP contribution is -2.04. The summed E-state index contributed by atoms with van der Waals surface area (Å²) in [6.07, 6.45) is 1.04. The van der Waals surface area contributed by atoms with Crippen LogP contribution >= 0.6 is 31.9 Å². The summed E-state index contributed by atoms with van der Waals surface area (Å²) in [5.74, 6) is 0.972. The number of phenolic OH excluding ortho intramolecular Hbond substituents is 1. The van der Waals surface area contributed by atoms with Crippen molar-refractivity contribution in [2.24, 2.45) is 0 Å². The molecule has 0 saturated heterocycles. The summed E-state index contributed by atoms with van der Waals surface area (Å²) in [5, 5.41) is 9.65. The molecule has 2 rings (SSSR count). The fraction of sp³-hybridized carbons (Fsp3) is 0.235. The van der Waals surface area contributed by atoms with Crippen molar-refractivity contribution in [1.29, 1.82) is 0 Å². The third kappa shape index (κ3) is 4.34. The Balaban J connectivity index is 1.87. The van der Waals surface area contributed by atoms with Gasteiger partial charge in [0.25, 0.3) is 0 Å². The number of carbonyl (C=O) groups excluding carboxylic acids is 1. The second-order valence-corrected chi connectivity index (χ2v) is 6.64. The van der Waals surface area contributed by atoms with E-state index in [1.54, 1.807) is 12.1 Å². The normalized spacial score (nSPS) is 10.5. The molecule has 0 radical (unpaired) electrons. The van der Waals surface area contributed by atoms with E-state index in [1.807, 2.05) is 31.2 Å². The summed E-state index contributed by atoms with van der Waals surface area (Å²) >= 11 is 6.46. The number of ether oxygens (including phenoxy) is 1. The van der Waals surface area contributed by atoms with Crippen molar-refractivity contribution in [2.45, 2.75) is 19.8 Å². The number of aryl methyl sites for hydroxylation is 1. The molecule has 0 aliphatic rings. The molecule has 0 aliphatic heterocycles. The SMILES string of the molecule is Cc1ccccc1OCCCC(=O)c1cc(Br)c(O)c(Br)c1. The van der Waals surface area contributed by atoms with Crippen LogP contribution in [0.15, 0.2) is 45.3 Å². The number of hydrogen-bond donors (Lipinski definition) is 1. The largest absolute Gasteiger partial charge is 0.506 e. The minimum absolute atomic E-state index is 0.0229. The van der Waals surface area contributed by atoms with Crippen LogP contribution in [-0.4, -0.2) is 17.5 Å². The molecule has 116 valence electrons. The highest BCUT2D eigenvalue weighted by atomic mass is 79.9.